The van der Waals surface area contributed by atoms with Gasteiger partial charge in [-0.2, -0.15) is 0 Å². The fourth-order valence-electron chi connectivity index (χ4n) is 1.48. The maximum atomic E-state index is 11.3. The van der Waals surface area contributed by atoms with Crippen LogP contribution in [0.5, 0.6) is 0 Å². The maximum Gasteiger partial charge on any atom is 0.137 e. The Kier molecular flexibility index (Phi) is 3.62. The Balaban J connectivity index is 2.82. The number of ketones is 1. The average Bonchev–Trinajstić information content (AvgIpc) is 2.15. The molecule has 1 heterocycles. The highest BCUT2D eigenvalue weighted by Gasteiger charge is 2.14. The standard InChI is InChI=1S/C11H15NO/c1-3-5-11(9(2)13)10-6-4-7-12-8-10/h4,6-8,11H,3,5H2,1-2H3. The van der Waals surface area contributed by atoms with Gasteiger partial charge < -0.3 is 0 Å². The number of aromatic nitrogens is 1. The van der Waals surface area contributed by atoms with Gasteiger partial charge in [-0.05, 0) is 25.0 Å². The molecule has 1 rings (SSSR count). The molecule has 2 nitrogen and oxygen atoms in total. The Hall–Kier alpha value is -1.18. The lowest BCUT2D eigenvalue weighted by molar-refractivity contribution is -0.118. The molecule has 1 atom stereocenters. The minimum absolute atomic E-state index is 0.0405. The molecule has 70 valence electrons. The lowest BCUT2D eigenvalue weighted by atomic mass is 9.92. The van der Waals surface area contributed by atoms with E-state index < -0.39 is 0 Å². The van der Waals surface area contributed by atoms with Crippen LogP contribution in [0, 0.1) is 0 Å². The number of pyridine rings is 1. The molecule has 2 heteroatoms. The second-order valence-corrected chi connectivity index (χ2v) is 3.24. The van der Waals surface area contributed by atoms with E-state index in [1.807, 2.05) is 12.1 Å². The zero-order valence-corrected chi connectivity index (χ0v) is 8.16. The first kappa shape index (κ1) is 9.90. The number of carbonyl (C=O) groups excluding carboxylic acids is 1. The van der Waals surface area contributed by atoms with E-state index in [-0.39, 0.29) is 11.7 Å². The quantitative estimate of drug-likeness (QED) is 0.707. The van der Waals surface area contributed by atoms with Crippen molar-refractivity contribution in [2.45, 2.75) is 32.6 Å². The molecular formula is C11H15NO. The summed E-state index contributed by atoms with van der Waals surface area (Å²) in [6.45, 7) is 3.74. The van der Waals surface area contributed by atoms with Crippen LogP contribution in [-0.2, 0) is 4.79 Å². The van der Waals surface area contributed by atoms with E-state index in [4.69, 9.17) is 0 Å². The van der Waals surface area contributed by atoms with Gasteiger partial charge in [0.05, 0.1) is 0 Å². The zero-order chi connectivity index (χ0) is 9.68. The first-order chi connectivity index (χ1) is 6.25. The Labute approximate surface area is 79.0 Å². The maximum absolute atomic E-state index is 11.3. The average molecular weight is 177 g/mol. The van der Waals surface area contributed by atoms with Gasteiger partial charge in [-0.25, -0.2) is 0 Å². The third-order valence-corrected chi connectivity index (χ3v) is 2.15. The first-order valence-corrected chi connectivity index (χ1v) is 4.66. The van der Waals surface area contributed by atoms with Crippen LogP contribution in [0.2, 0.25) is 0 Å². The summed E-state index contributed by atoms with van der Waals surface area (Å²) in [6.07, 6.45) is 5.45. The van der Waals surface area contributed by atoms with Gasteiger partial charge in [0.15, 0.2) is 0 Å². The van der Waals surface area contributed by atoms with Crippen molar-refractivity contribution < 1.29 is 4.79 Å². The van der Waals surface area contributed by atoms with Crippen molar-refractivity contribution in [3.8, 4) is 0 Å². The van der Waals surface area contributed by atoms with Crippen molar-refractivity contribution in [2.24, 2.45) is 0 Å². The van der Waals surface area contributed by atoms with Gasteiger partial charge in [0.2, 0.25) is 0 Å². The van der Waals surface area contributed by atoms with Crippen LogP contribution >= 0.6 is 0 Å². The molecule has 0 fully saturated rings. The monoisotopic (exact) mass is 177 g/mol. The van der Waals surface area contributed by atoms with Gasteiger partial charge >= 0.3 is 0 Å². The molecule has 0 aromatic carbocycles. The van der Waals surface area contributed by atoms with Crippen LogP contribution in [0.3, 0.4) is 0 Å². The number of rotatable bonds is 4. The molecule has 0 saturated heterocycles. The summed E-state index contributed by atoms with van der Waals surface area (Å²) < 4.78 is 0. The number of Topliss-reactive ketones (excluding diaryl/α,β-unsaturated/α-hetero) is 1. The van der Waals surface area contributed by atoms with Crippen LogP contribution in [-0.4, -0.2) is 10.8 Å². The predicted octanol–water partition coefficient (Wildman–Crippen LogP) is 2.55. The molecule has 0 radical (unpaired) electrons. The number of hydrogen-bond donors (Lipinski definition) is 0. The summed E-state index contributed by atoms with van der Waals surface area (Å²) >= 11 is 0. The summed E-state index contributed by atoms with van der Waals surface area (Å²) in [5.74, 6) is 0.272. The summed E-state index contributed by atoms with van der Waals surface area (Å²) in [6, 6.07) is 3.84. The van der Waals surface area contributed by atoms with E-state index in [0.717, 1.165) is 18.4 Å². The van der Waals surface area contributed by atoms with Crippen molar-refractivity contribution in [1.82, 2.24) is 4.98 Å². The largest absolute Gasteiger partial charge is 0.299 e. The lowest BCUT2D eigenvalue weighted by Gasteiger charge is -2.11. The smallest absolute Gasteiger partial charge is 0.137 e. The zero-order valence-electron chi connectivity index (χ0n) is 8.16. The second-order valence-electron chi connectivity index (χ2n) is 3.24. The first-order valence-electron chi connectivity index (χ1n) is 4.66. The molecule has 0 aliphatic heterocycles. The molecule has 1 unspecified atom stereocenters. The Morgan fingerprint density at radius 1 is 1.62 bits per heavy atom. The molecule has 13 heavy (non-hydrogen) atoms. The second kappa shape index (κ2) is 4.75. The SMILES string of the molecule is CCCC(C(C)=O)c1cccnc1. The van der Waals surface area contributed by atoms with E-state index in [2.05, 4.69) is 11.9 Å². The minimum atomic E-state index is 0.0405. The van der Waals surface area contributed by atoms with Gasteiger partial charge in [-0.15, -0.1) is 0 Å². The molecule has 0 spiro atoms. The van der Waals surface area contributed by atoms with E-state index in [0.29, 0.717) is 0 Å². The molecule has 0 saturated carbocycles. The van der Waals surface area contributed by atoms with Crippen molar-refractivity contribution in [3.05, 3.63) is 30.1 Å². The lowest BCUT2D eigenvalue weighted by Crippen LogP contribution is -2.08. The topological polar surface area (TPSA) is 30.0 Å². The molecular weight excluding hydrogens is 162 g/mol. The number of nitrogens with zero attached hydrogens (tertiary/aromatic N) is 1. The van der Waals surface area contributed by atoms with Crippen molar-refractivity contribution in [3.63, 3.8) is 0 Å². The van der Waals surface area contributed by atoms with Gasteiger partial charge in [0, 0.05) is 18.3 Å². The highest BCUT2D eigenvalue weighted by molar-refractivity contribution is 5.83. The fraction of sp³-hybridized carbons (Fsp3) is 0.455. The van der Waals surface area contributed by atoms with E-state index in [9.17, 15) is 4.79 Å². The van der Waals surface area contributed by atoms with Crippen molar-refractivity contribution >= 4 is 5.78 Å². The Morgan fingerprint density at radius 3 is 2.85 bits per heavy atom. The summed E-state index contributed by atoms with van der Waals surface area (Å²) in [4.78, 5) is 15.3. The van der Waals surface area contributed by atoms with Gasteiger partial charge in [-0.1, -0.05) is 19.4 Å². The number of hydrogen-bond acceptors (Lipinski definition) is 2. The molecule has 0 aliphatic rings. The van der Waals surface area contributed by atoms with Gasteiger partial charge in [0.1, 0.15) is 5.78 Å². The third kappa shape index (κ3) is 2.65. The van der Waals surface area contributed by atoms with Crippen molar-refractivity contribution in [1.29, 1.82) is 0 Å². The van der Waals surface area contributed by atoms with Gasteiger partial charge in [0.25, 0.3) is 0 Å². The molecule has 1 aromatic heterocycles. The van der Waals surface area contributed by atoms with Crippen LogP contribution < -0.4 is 0 Å². The fourth-order valence-corrected chi connectivity index (χ4v) is 1.48. The molecule has 0 aliphatic carbocycles. The third-order valence-electron chi connectivity index (χ3n) is 2.15. The summed E-state index contributed by atoms with van der Waals surface area (Å²) in [5.41, 5.74) is 1.04. The molecule has 0 bridgehead atoms. The van der Waals surface area contributed by atoms with E-state index in [1.54, 1.807) is 19.3 Å². The summed E-state index contributed by atoms with van der Waals surface area (Å²) in [7, 11) is 0. The van der Waals surface area contributed by atoms with Crippen molar-refractivity contribution in [2.75, 3.05) is 0 Å². The molecule has 1 aromatic rings. The number of carbonyl (C=O) groups is 1. The predicted molar refractivity (Wildman–Crippen MR) is 52.6 cm³/mol. The van der Waals surface area contributed by atoms with E-state index in [1.165, 1.54) is 0 Å². The highest BCUT2D eigenvalue weighted by Crippen LogP contribution is 2.20. The van der Waals surface area contributed by atoms with E-state index >= 15 is 0 Å². The van der Waals surface area contributed by atoms with Crippen LogP contribution in [0.25, 0.3) is 0 Å². The Morgan fingerprint density at radius 2 is 2.38 bits per heavy atom. The minimum Gasteiger partial charge on any atom is -0.299 e. The summed E-state index contributed by atoms with van der Waals surface area (Å²) in [5, 5.41) is 0. The Bertz CT molecular complexity index is 269. The normalized spacial score (nSPS) is 12.5. The molecule has 0 N–H and O–H groups in total. The highest BCUT2D eigenvalue weighted by atomic mass is 16.1. The molecule has 0 amide bonds. The van der Waals surface area contributed by atoms with Crippen LogP contribution in [0.1, 0.15) is 38.2 Å². The van der Waals surface area contributed by atoms with Crippen LogP contribution in [0.15, 0.2) is 24.5 Å². The van der Waals surface area contributed by atoms with Gasteiger partial charge in [-0.3, -0.25) is 9.78 Å². The van der Waals surface area contributed by atoms with Crippen LogP contribution in [0.4, 0.5) is 0 Å².